The van der Waals surface area contributed by atoms with E-state index in [0.29, 0.717) is 5.92 Å². The molecule has 0 aliphatic rings. The van der Waals surface area contributed by atoms with Crippen molar-refractivity contribution in [3.63, 3.8) is 0 Å². The molecule has 0 amide bonds. The molecule has 0 atom stereocenters. The lowest BCUT2D eigenvalue weighted by molar-refractivity contribution is 0.613. The van der Waals surface area contributed by atoms with Crippen LogP contribution in [0.15, 0.2) is 10.7 Å². The number of hydrogen-bond acceptors (Lipinski definition) is 3. The lowest BCUT2D eigenvalue weighted by Gasteiger charge is -2.25. The summed E-state index contributed by atoms with van der Waals surface area (Å²) >= 11 is 3.58. The summed E-state index contributed by atoms with van der Waals surface area (Å²) in [4.78, 5) is 6.68. The average molecular weight is 286 g/mol. The van der Waals surface area contributed by atoms with Crippen LogP contribution in [-0.4, -0.2) is 18.1 Å². The van der Waals surface area contributed by atoms with E-state index in [9.17, 15) is 0 Å². The van der Waals surface area contributed by atoms with Gasteiger partial charge in [-0.1, -0.05) is 13.8 Å². The molecule has 3 nitrogen and oxygen atoms in total. The summed E-state index contributed by atoms with van der Waals surface area (Å²) in [7, 11) is 0. The molecule has 0 saturated heterocycles. The quantitative estimate of drug-likeness (QED) is 0.924. The summed E-state index contributed by atoms with van der Waals surface area (Å²) < 4.78 is 1.01. The number of nitrogens with two attached hydrogens (primary N) is 1. The molecule has 0 aliphatic heterocycles. The van der Waals surface area contributed by atoms with Crippen LogP contribution in [0.4, 0.5) is 11.5 Å². The van der Waals surface area contributed by atoms with Crippen molar-refractivity contribution in [1.82, 2.24) is 4.98 Å². The highest BCUT2D eigenvalue weighted by atomic mass is 79.9. The number of aromatic nitrogens is 1. The van der Waals surface area contributed by atoms with Crippen molar-refractivity contribution in [1.29, 1.82) is 0 Å². The molecule has 0 spiro atoms. The smallest absolute Gasteiger partial charge is 0.143 e. The van der Waals surface area contributed by atoms with Gasteiger partial charge in [-0.05, 0) is 41.3 Å². The Morgan fingerprint density at radius 1 is 1.50 bits per heavy atom. The number of nitrogen functional groups attached to an aromatic ring is 1. The van der Waals surface area contributed by atoms with Crippen LogP contribution < -0.4 is 10.6 Å². The number of nitrogens with zero attached hydrogens (tertiary/aromatic N) is 2. The third-order valence-electron chi connectivity index (χ3n) is 2.55. The Bertz CT molecular complexity index is 364. The van der Waals surface area contributed by atoms with Gasteiger partial charge in [0.2, 0.25) is 0 Å². The zero-order valence-electron chi connectivity index (χ0n) is 10.4. The lowest BCUT2D eigenvalue weighted by Crippen LogP contribution is -2.28. The Kier molecular flexibility index (Phi) is 4.59. The SMILES string of the molecule is CCN(CC(C)C)c1ncc(N)c(C)c1Br. The van der Waals surface area contributed by atoms with Gasteiger partial charge in [0.05, 0.1) is 16.4 Å². The molecule has 0 radical (unpaired) electrons. The summed E-state index contributed by atoms with van der Waals surface area (Å²) in [6.07, 6.45) is 1.73. The van der Waals surface area contributed by atoms with E-state index in [2.05, 4.69) is 46.6 Å². The van der Waals surface area contributed by atoms with E-state index in [1.807, 2.05) is 6.92 Å². The summed E-state index contributed by atoms with van der Waals surface area (Å²) in [5.41, 5.74) is 7.62. The molecule has 90 valence electrons. The fraction of sp³-hybridized carbons (Fsp3) is 0.583. The van der Waals surface area contributed by atoms with Crippen molar-refractivity contribution < 1.29 is 0 Å². The van der Waals surface area contributed by atoms with Gasteiger partial charge in [0.25, 0.3) is 0 Å². The second kappa shape index (κ2) is 5.53. The molecule has 1 rings (SSSR count). The topological polar surface area (TPSA) is 42.2 Å². The third-order valence-corrected chi connectivity index (χ3v) is 3.50. The monoisotopic (exact) mass is 285 g/mol. The van der Waals surface area contributed by atoms with Gasteiger partial charge < -0.3 is 10.6 Å². The molecule has 1 aromatic heterocycles. The average Bonchev–Trinajstić information content (AvgIpc) is 2.23. The summed E-state index contributed by atoms with van der Waals surface area (Å²) in [5, 5.41) is 0. The van der Waals surface area contributed by atoms with Gasteiger partial charge >= 0.3 is 0 Å². The van der Waals surface area contributed by atoms with Gasteiger partial charge in [0.15, 0.2) is 0 Å². The first-order valence-electron chi connectivity index (χ1n) is 5.62. The van der Waals surface area contributed by atoms with Crippen LogP contribution in [0.1, 0.15) is 26.3 Å². The Balaban J connectivity index is 3.06. The number of hydrogen-bond donors (Lipinski definition) is 1. The van der Waals surface area contributed by atoms with Gasteiger partial charge in [-0.25, -0.2) is 4.98 Å². The summed E-state index contributed by atoms with van der Waals surface area (Å²) in [6.45, 7) is 10.5. The molecule has 0 aromatic carbocycles. The van der Waals surface area contributed by atoms with Crippen LogP contribution >= 0.6 is 15.9 Å². The maximum absolute atomic E-state index is 5.82. The van der Waals surface area contributed by atoms with E-state index < -0.39 is 0 Å². The molecule has 0 bridgehead atoms. The number of halogens is 1. The van der Waals surface area contributed by atoms with E-state index in [4.69, 9.17) is 5.73 Å². The Morgan fingerprint density at radius 2 is 2.12 bits per heavy atom. The Labute approximate surface area is 106 Å². The molecule has 16 heavy (non-hydrogen) atoms. The van der Waals surface area contributed by atoms with Crippen LogP contribution in [0, 0.1) is 12.8 Å². The molecule has 0 unspecified atom stereocenters. The number of anilines is 2. The zero-order chi connectivity index (χ0) is 12.3. The maximum atomic E-state index is 5.82. The lowest BCUT2D eigenvalue weighted by atomic mass is 10.2. The third kappa shape index (κ3) is 2.88. The van der Waals surface area contributed by atoms with Gasteiger partial charge in [-0.3, -0.25) is 0 Å². The minimum Gasteiger partial charge on any atom is -0.397 e. The molecule has 4 heteroatoms. The normalized spacial score (nSPS) is 10.9. The highest BCUT2D eigenvalue weighted by Gasteiger charge is 2.14. The highest BCUT2D eigenvalue weighted by Crippen LogP contribution is 2.30. The van der Waals surface area contributed by atoms with Crippen molar-refractivity contribution >= 4 is 27.4 Å². The van der Waals surface area contributed by atoms with Crippen LogP contribution in [0.25, 0.3) is 0 Å². The van der Waals surface area contributed by atoms with Crippen LogP contribution in [0.5, 0.6) is 0 Å². The fourth-order valence-corrected chi connectivity index (χ4v) is 2.19. The van der Waals surface area contributed by atoms with E-state index in [0.717, 1.165) is 34.6 Å². The summed E-state index contributed by atoms with van der Waals surface area (Å²) in [5.74, 6) is 1.61. The van der Waals surface area contributed by atoms with E-state index in [1.54, 1.807) is 6.20 Å². The van der Waals surface area contributed by atoms with Crippen molar-refractivity contribution in [2.24, 2.45) is 5.92 Å². The molecule has 1 aromatic rings. The minimum absolute atomic E-state index is 0.617. The predicted octanol–water partition coefficient (Wildman–Crippen LogP) is 3.22. The first kappa shape index (κ1) is 13.3. The fourth-order valence-electron chi connectivity index (χ4n) is 1.61. The predicted molar refractivity (Wildman–Crippen MR) is 73.8 cm³/mol. The molecule has 2 N–H and O–H groups in total. The van der Waals surface area contributed by atoms with E-state index in [-0.39, 0.29) is 0 Å². The molecular formula is C12H20BrN3. The van der Waals surface area contributed by atoms with Crippen molar-refractivity contribution in [3.8, 4) is 0 Å². The second-order valence-electron chi connectivity index (χ2n) is 4.41. The largest absolute Gasteiger partial charge is 0.397 e. The molecule has 0 fully saturated rings. The molecule has 1 heterocycles. The van der Waals surface area contributed by atoms with Gasteiger partial charge in [0, 0.05) is 13.1 Å². The number of pyridine rings is 1. The van der Waals surface area contributed by atoms with Crippen molar-refractivity contribution in [2.45, 2.75) is 27.7 Å². The Morgan fingerprint density at radius 3 is 2.62 bits per heavy atom. The van der Waals surface area contributed by atoms with Gasteiger partial charge in [-0.2, -0.15) is 0 Å². The summed E-state index contributed by atoms with van der Waals surface area (Å²) in [6, 6.07) is 0. The van der Waals surface area contributed by atoms with E-state index >= 15 is 0 Å². The van der Waals surface area contributed by atoms with Gasteiger partial charge in [0.1, 0.15) is 5.82 Å². The molecule has 0 aliphatic carbocycles. The molecular weight excluding hydrogens is 266 g/mol. The highest BCUT2D eigenvalue weighted by molar-refractivity contribution is 9.10. The number of rotatable bonds is 4. The van der Waals surface area contributed by atoms with Gasteiger partial charge in [-0.15, -0.1) is 0 Å². The zero-order valence-corrected chi connectivity index (χ0v) is 12.0. The molecule has 0 saturated carbocycles. The van der Waals surface area contributed by atoms with Crippen LogP contribution in [0.2, 0.25) is 0 Å². The first-order valence-corrected chi connectivity index (χ1v) is 6.42. The Hall–Kier alpha value is -0.770. The van der Waals surface area contributed by atoms with Crippen LogP contribution in [-0.2, 0) is 0 Å². The second-order valence-corrected chi connectivity index (χ2v) is 5.20. The van der Waals surface area contributed by atoms with Crippen molar-refractivity contribution in [3.05, 3.63) is 16.2 Å². The first-order chi connectivity index (χ1) is 7.47. The maximum Gasteiger partial charge on any atom is 0.143 e. The van der Waals surface area contributed by atoms with E-state index in [1.165, 1.54) is 0 Å². The van der Waals surface area contributed by atoms with Crippen LogP contribution in [0.3, 0.4) is 0 Å². The van der Waals surface area contributed by atoms with Crippen molar-refractivity contribution in [2.75, 3.05) is 23.7 Å². The standard InChI is InChI=1S/C12H20BrN3/c1-5-16(7-8(2)3)12-11(13)9(4)10(14)6-15-12/h6,8H,5,7,14H2,1-4H3. The minimum atomic E-state index is 0.617.